The number of aromatic nitrogens is 1. The molecular weight excluding hydrogens is 277 g/mol. The molecule has 104 valence electrons. The van der Waals surface area contributed by atoms with Crippen molar-refractivity contribution < 1.29 is 32.7 Å². The van der Waals surface area contributed by atoms with E-state index in [-0.39, 0.29) is 0 Å². The summed E-state index contributed by atoms with van der Waals surface area (Å²) in [5.74, 6) is -3.84. The molecule has 0 aliphatic heterocycles. The van der Waals surface area contributed by atoms with Crippen molar-refractivity contribution in [2.24, 2.45) is 0 Å². The van der Waals surface area contributed by atoms with Crippen molar-refractivity contribution in [3.8, 4) is 5.75 Å². The number of carbonyl (C=O) groups is 1. The average molecular weight is 282 g/mol. The number of alkyl halides is 3. The summed E-state index contributed by atoms with van der Waals surface area (Å²) in [6, 6.07) is 0.497. The van der Waals surface area contributed by atoms with Crippen LogP contribution >= 0.6 is 0 Å². The minimum Gasteiger partial charge on any atom is -0.481 e. The second-order valence-electron chi connectivity index (χ2n) is 3.21. The quantitative estimate of drug-likeness (QED) is 0.622. The molecule has 0 aliphatic rings. The minimum absolute atomic E-state index is 0.497. The third-order valence-electron chi connectivity index (χ3n) is 1.81. The number of hydrogen-bond donors (Lipinski definition) is 2. The van der Waals surface area contributed by atoms with Crippen LogP contribution in [0.5, 0.6) is 5.75 Å². The Hall–Kier alpha value is -2.59. The largest absolute Gasteiger partial charge is 0.573 e. The van der Waals surface area contributed by atoms with Crippen molar-refractivity contribution in [3.05, 3.63) is 32.1 Å². The summed E-state index contributed by atoms with van der Waals surface area (Å²) in [5, 5.41) is 18.9. The lowest BCUT2D eigenvalue weighted by molar-refractivity contribution is -0.389. The van der Waals surface area contributed by atoms with Gasteiger partial charge in [0.15, 0.2) is 0 Å². The third kappa shape index (κ3) is 3.97. The molecule has 1 heterocycles. The monoisotopic (exact) mass is 282 g/mol. The van der Waals surface area contributed by atoms with Crippen LogP contribution in [0.2, 0.25) is 0 Å². The van der Waals surface area contributed by atoms with Gasteiger partial charge >= 0.3 is 23.7 Å². The third-order valence-corrected chi connectivity index (χ3v) is 1.81. The van der Waals surface area contributed by atoms with Gasteiger partial charge in [0, 0.05) is 11.6 Å². The molecule has 1 aromatic heterocycles. The molecule has 1 rings (SSSR count). The van der Waals surface area contributed by atoms with Crippen LogP contribution in [-0.4, -0.2) is 27.3 Å². The number of halogens is 3. The fourth-order valence-electron chi connectivity index (χ4n) is 1.21. The van der Waals surface area contributed by atoms with Crippen molar-refractivity contribution in [2.75, 3.05) is 0 Å². The van der Waals surface area contributed by atoms with Gasteiger partial charge in [-0.25, -0.2) is 9.78 Å². The van der Waals surface area contributed by atoms with Gasteiger partial charge < -0.3 is 20.0 Å². The Kier molecular flexibility index (Phi) is 3.77. The SMILES string of the molecule is O=C(O)Cc1cc([N+](=O)[O-])[nH]c(=O)c1OC(F)(F)F. The number of H-pyrrole nitrogens is 1. The molecule has 0 amide bonds. The Morgan fingerprint density at radius 3 is 2.53 bits per heavy atom. The molecule has 0 aromatic carbocycles. The summed E-state index contributed by atoms with van der Waals surface area (Å²) in [5.41, 5.74) is -2.29. The van der Waals surface area contributed by atoms with Crippen LogP contribution < -0.4 is 10.3 Å². The van der Waals surface area contributed by atoms with Crippen molar-refractivity contribution in [1.82, 2.24) is 4.98 Å². The van der Waals surface area contributed by atoms with Gasteiger partial charge in [-0.3, -0.25) is 4.79 Å². The van der Waals surface area contributed by atoms with Gasteiger partial charge in [-0.1, -0.05) is 0 Å². The molecule has 1 aromatic rings. The average Bonchev–Trinajstić information content (AvgIpc) is 2.20. The number of nitrogens with zero attached hydrogens (tertiary/aromatic N) is 1. The molecule has 0 atom stereocenters. The summed E-state index contributed by atoms with van der Waals surface area (Å²) in [6.45, 7) is 0. The number of hydrogen-bond acceptors (Lipinski definition) is 5. The van der Waals surface area contributed by atoms with E-state index < -0.39 is 46.4 Å². The lowest BCUT2D eigenvalue weighted by Crippen LogP contribution is -2.25. The van der Waals surface area contributed by atoms with E-state index in [4.69, 9.17) is 5.11 Å². The van der Waals surface area contributed by atoms with E-state index in [2.05, 4.69) is 4.74 Å². The number of carboxylic acids is 1. The predicted molar refractivity (Wildman–Crippen MR) is 51.7 cm³/mol. The number of ether oxygens (including phenoxy) is 1. The van der Waals surface area contributed by atoms with E-state index in [0.717, 1.165) is 0 Å². The minimum atomic E-state index is -5.23. The fourth-order valence-corrected chi connectivity index (χ4v) is 1.21. The van der Waals surface area contributed by atoms with Gasteiger partial charge in [0.05, 0.1) is 6.42 Å². The van der Waals surface area contributed by atoms with Gasteiger partial charge in [-0.05, 0) is 4.92 Å². The van der Waals surface area contributed by atoms with Crippen molar-refractivity contribution >= 4 is 11.8 Å². The number of nitrogens with one attached hydrogen (secondary N) is 1. The highest BCUT2D eigenvalue weighted by molar-refractivity contribution is 5.71. The zero-order chi connectivity index (χ0) is 14.8. The summed E-state index contributed by atoms with van der Waals surface area (Å²) < 4.78 is 39.5. The maximum absolute atomic E-state index is 12.0. The van der Waals surface area contributed by atoms with E-state index >= 15 is 0 Å². The molecule has 0 radical (unpaired) electrons. The van der Waals surface area contributed by atoms with Crippen molar-refractivity contribution in [3.63, 3.8) is 0 Å². The maximum Gasteiger partial charge on any atom is 0.573 e. The van der Waals surface area contributed by atoms with Crippen LogP contribution in [0.4, 0.5) is 19.0 Å². The molecule has 2 N–H and O–H groups in total. The molecule has 0 saturated carbocycles. The Bertz CT molecular complexity index is 579. The molecule has 0 saturated heterocycles. The van der Waals surface area contributed by atoms with Crippen LogP contribution in [0.15, 0.2) is 10.9 Å². The van der Waals surface area contributed by atoms with Gasteiger partial charge in [-0.15, -0.1) is 13.2 Å². The summed E-state index contributed by atoms with van der Waals surface area (Å²) in [6.07, 6.45) is -6.26. The van der Waals surface area contributed by atoms with Crippen LogP contribution in [-0.2, 0) is 11.2 Å². The summed E-state index contributed by atoms with van der Waals surface area (Å²) >= 11 is 0. The van der Waals surface area contributed by atoms with Crippen LogP contribution in [0.25, 0.3) is 0 Å². The van der Waals surface area contributed by atoms with Crippen LogP contribution in [0.1, 0.15) is 5.56 Å². The number of aromatic amines is 1. The fraction of sp³-hybridized carbons (Fsp3) is 0.250. The molecule has 8 nitrogen and oxygen atoms in total. The normalized spacial score (nSPS) is 11.1. The van der Waals surface area contributed by atoms with Gasteiger partial charge in [0.25, 0.3) is 0 Å². The predicted octanol–water partition coefficient (Wildman–Crippen LogP) is 0.809. The van der Waals surface area contributed by atoms with E-state index in [0.29, 0.717) is 6.07 Å². The summed E-state index contributed by atoms with van der Waals surface area (Å²) in [4.78, 5) is 32.6. The first-order valence-electron chi connectivity index (χ1n) is 4.48. The number of pyridine rings is 1. The van der Waals surface area contributed by atoms with E-state index in [1.165, 1.54) is 4.98 Å². The Balaban J connectivity index is 3.39. The highest BCUT2D eigenvalue weighted by atomic mass is 19.4. The zero-order valence-corrected chi connectivity index (χ0v) is 8.85. The molecular formula is C8H5F3N2O6. The molecule has 0 fully saturated rings. The van der Waals surface area contributed by atoms with Crippen LogP contribution in [0, 0.1) is 10.1 Å². The summed E-state index contributed by atoms with van der Waals surface area (Å²) in [7, 11) is 0. The second kappa shape index (κ2) is 4.96. The lowest BCUT2D eigenvalue weighted by atomic mass is 10.1. The topological polar surface area (TPSA) is 123 Å². The Morgan fingerprint density at radius 2 is 2.11 bits per heavy atom. The Labute approximate surface area is 101 Å². The highest BCUT2D eigenvalue weighted by Crippen LogP contribution is 2.25. The first-order valence-corrected chi connectivity index (χ1v) is 4.48. The molecule has 0 unspecified atom stereocenters. The van der Waals surface area contributed by atoms with E-state index in [1.807, 2.05) is 0 Å². The first-order chi connectivity index (χ1) is 8.60. The smallest absolute Gasteiger partial charge is 0.481 e. The second-order valence-corrected chi connectivity index (χ2v) is 3.21. The van der Waals surface area contributed by atoms with Crippen molar-refractivity contribution in [1.29, 1.82) is 0 Å². The molecule has 0 spiro atoms. The number of aliphatic carboxylic acids is 1. The zero-order valence-electron chi connectivity index (χ0n) is 8.85. The molecule has 19 heavy (non-hydrogen) atoms. The standard InChI is InChI=1S/C8H5F3N2O6/c9-8(10,11)19-6-3(2-5(14)15)1-4(13(17)18)12-7(6)16/h1H,2H2,(H,12,16)(H,14,15). The van der Waals surface area contributed by atoms with Gasteiger partial charge in [0.2, 0.25) is 5.75 Å². The number of nitro groups is 1. The maximum atomic E-state index is 12.0. The van der Waals surface area contributed by atoms with E-state index in [1.54, 1.807) is 0 Å². The van der Waals surface area contributed by atoms with Crippen molar-refractivity contribution in [2.45, 2.75) is 12.8 Å². The molecule has 0 bridgehead atoms. The molecule has 0 aliphatic carbocycles. The first kappa shape index (κ1) is 14.5. The lowest BCUT2D eigenvalue weighted by Gasteiger charge is -2.10. The Morgan fingerprint density at radius 1 is 1.53 bits per heavy atom. The molecule has 11 heteroatoms. The van der Waals surface area contributed by atoms with Gasteiger partial charge in [-0.2, -0.15) is 0 Å². The van der Waals surface area contributed by atoms with Gasteiger partial charge in [0.1, 0.15) is 0 Å². The number of rotatable bonds is 4. The van der Waals surface area contributed by atoms with Crippen LogP contribution in [0.3, 0.4) is 0 Å². The van der Waals surface area contributed by atoms with E-state index in [9.17, 15) is 32.9 Å². The highest BCUT2D eigenvalue weighted by Gasteiger charge is 2.35. The number of carboxylic acid groups (broad SMARTS) is 1.